The van der Waals surface area contributed by atoms with Crippen LogP contribution in [0.3, 0.4) is 0 Å². The van der Waals surface area contributed by atoms with Crippen molar-refractivity contribution in [2.24, 2.45) is 0 Å². The molecule has 0 spiro atoms. The Bertz CT molecular complexity index is 1050. The molecule has 168 valence electrons. The quantitative estimate of drug-likeness (QED) is 0.465. The fourth-order valence-electron chi connectivity index (χ4n) is 2.64. The first-order valence-corrected chi connectivity index (χ1v) is 9.67. The van der Waals surface area contributed by atoms with Gasteiger partial charge in [-0.25, -0.2) is 18.7 Å². The third-order valence-electron chi connectivity index (χ3n) is 4.47. The van der Waals surface area contributed by atoms with Gasteiger partial charge in [-0.15, -0.1) is 0 Å². The molecular formula is C22H22F2N4O4. The van der Waals surface area contributed by atoms with E-state index >= 15 is 0 Å². The van der Waals surface area contributed by atoms with Gasteiger partial charge in [-0.1, -0.05) is 0 Å². The number of benzene rings is 1. The van der Waals surface area contributed by atoms with E-state index in [9.17, 15) is 18.7 Å². The summed E-state index contributed by atoms with van der Waals surface area (Å²) in [7, 11) is 1.50. The van der Waals surface area contributed by atoms with Crippen molar-refractivity contribution >= 4 is 11.7 Å². The number of amides is 1. The Labute approximate surface area is 183 Å². The molecule has 3 rings (SSSR count). The van der Waals surface area contributed by atoms with Crippen LogP contribution in [0.2, 0.25) is 0 Å². The fraction of sp³-hybridized carbons (Fsp3) is 0.227. The van der Waals surface area contributed by atoms with E-state index in [1.54, 1.807) is 19.1 Å². The minimum Gasteiger partial charge on any atom is -0.481 e. The molecule has 0 saturated carbocycles. The van der Waals surface area contributed by atoms with Gasteiger partial charge in [-0.05, 0) is 37.3 Å². The van der Waals surface area contributed by atoms with E-state index in [-0.39, 0.29) is 29.8 Å². The lowest BCUT2D eigenvalue weighted by atomic mass is 10.1. The molecule has 2 heterocycles. The summed E-state index contributed by atoms with van der Waals surface area (Å²) < 4.78 is 36.9. The van der Waals surface area contributed by atoms with E-state index in [1.165, 1.54) is 37.7 Å². The molecule has 0 aliphatic rings. The van der Waals surface area contributed by atoms with Gasteiger partial charge in [0.05, 0.1) is 25.5 Å². The van der Waals surface area contributed by atoms with Gasteiger partial charge in [-0.3, -0.25) is 4.79 Å². The Hall–Kier alpha value is -3.63. The van der Waals surface area contributed by atoms with Crippen LogP contribution in [-0.4, -0.2) is 40.7 Å². The standard InChI is InChI=1S/C22H22F2N4O4/c1-13(25-12-18(29)14-3-8-21(31-2)27-10-14)22(30)28-20-7-5-16(11-26-20)32-19-6-4-15(23)9-17(19)24/h3-11,13,18,25,29H,12H2,1-2H3,(H,26,28,30)/t13-,18?/m0/s1. The second-order valence-electron chi connectivity index (χ2n) is 6.82. The van der Waals surface area contributed by atoms with Crippen LogP contribution in [0.4, 0.5) is 14.6 Å². The summed E-state index contributed by atoms with van der Waals surface area (Å²) in [5.41, 5.74) is 0.584. The third-order valence-corrected chi connectivity index (χ3v) is 4.47. The van der Waals surface area contributed by atoms with Crippen LogP contribution in [0.5, 0.6) is 17.4 Å². The van der Waals surface area contributed by atoms with Gasteiger partial charge < -0.3 is 25.2 Å². The number of rotatable bonds is 9. The van der Waals surface area contributed by atoms with E-state index in [0.29, 0.717) is 17.5 Å². The number of carbonyl (C=O) groups excluding carboxylic acids is 1. The van der Waals surface area contributed by atoms with Crippen molar-refractivity contribution in [1.82, 2.24) is 15.3 Å². The number of halogens is 2. The molecule has 1 amide bonds. The summed E-state index contributed by atoms with van der Waals surface area (Å²) in [4.78, 5) is 20.4. The first-order valence-electron chi connectivity index (χ1n) is 9.67. The number of ether oxygens (including phenoxy) is 2. The monoisotopic (exact) mass is 444 g/mol. The molecule has 3 aromatic rings. The van der Waals surface area contributed by atoms with Crippen LogP contribution in [0.25, 0.3) is 0 Å². The first kappa shape index (κ1) is 23.0. The zero-order valence-electron chi connectivity index (χ0n) is 17.4. The van der Waals surface area contributed by atoms with Gasteiger partial charge in [0.25, 0.3) is 0 Å². The van der Waals surface area contributed by atoms with Crippen molar-refractivity contribution < 1.29 is 28.2 Å². The maximum atomic E-state index is 13.7. The number of carbonyl (C=O) groups is 1. The van der Waals surface area contributed by atoms with E-state index in [4.69, 9.17) is 9.47 Å². The van der Waals surface area contributed by atoms with Gasteiger partial charge >= 0.3 is 0 Å². The average molecular weight is 444 g/mol. The molecule has 32 heavy (non-hydrogen) atoms. The molecule has 1 aromatic carbocycles. The van der Waals surface area contributed by atoms with Crippen molar-refractivity contribution in [2.45, 2.75) is 19.1 Å². The third kappa shape index (κ3) is 6.19. The summed E-state index contributed by atoms with van der Waals surface area (Å²) in [6, 6.07) is 8.65. The zero-order valence-corrected chi connectivity index (χ0v) is 17.4. The van der Waals surface area contributed by atoms with Crippen molar-refractivity contribution in [1.29, 1.82) is 0 Å². The van der Waals surface area contributed by atoms with Crippen LogP contribution < -0.4 is 20.1 Å². The number of nitrogens with zero attached hydrogens (tertiary/aromatic N) is 2. The van der Waals surface area contributed by atoms with Gasteiger partial charge in [0.1, 0.15) is 17.4 Å². The largest absolute Gasteiger partial charge is 0.481 e. The van der Waals surface area contributed by atoms with Crippen molar-refractivity contribution in [3.8, 4) is 17.4 Å². The van der Waals surface area contributed by atoms with E-state index in [2.05, 4.69) is 20.6 Å². The van der Waals surface area contributed by atoms with E-state index in [0.717, 1.165) is 6.07 Å². The molecule has 3 N–H and O–H groups in total. The highest BCUT2D eigenvalue weighted by atomic mass is 19.1. The van der Waals surface area contributed by atoms with Gasteiger partial charge in [0, 0.05) is 30.4 Å². The van der Waals surface area contributed by atoms with Crippen molar-refractivity contribution in [3.63, 3.8) is 0 Å². The van der Waals surface area contributed by atoms with Crippen molar-refractivity contribution in [3.05, 3.63) is 72.1 Å². The van der Waals surface area contributed by atoms with Gasteiger partial charge in [-0.2, -0.15) is 0 Å². The highest BCUT2D eigenvalue weighted by Gasteiger charge is 2.16. The second-order valence-corrected chi connectivity index (χ2v) is 6.82. The summed E-state index contributed by atoms with van der Waals surface area (Å²) >= 11 is 0. The molecule has 10 heteroatoms. The average Bonchev–Trinajstić information content (AvgIpc) is 2.80. The summed E-state index contributed by atoms with van der Waals surface area (Å²) in [5, 5.41) is 15.8. The highest BCUT2D eigenvalue weighted by molar-refractivity contribution is 5.93. The lowest BCUT2D eigenvalue weighted by Gasteiger charge is -2.17. The maximum Gasteiger partial charge on any atom is 0.242 e. The number of aromatic nitrogens is 2. The minimum absolute atomic E-state index is 0.131. The Kier molecular flexibility index (Phi) is 7.63. The number of aliphatic hydroxyl groups is 1. The Morgan fingerprint density at radius 2 is 1.94 bits per heavy atom. The summed E-state index contributed by atoms with van der Waals surface area (Å²) in [6.07, 6.45) is 1.95. The predicted octanol–water partition coefficient (Wildman–Crippen LogP) is 3.21. The normalized spacial score (nSPS) is 12.7. The highest BCUT2D eigenvalue weighted by Crippen LogP contribution is 2.25. The molecule has 2 atom stereocenters. The summed E-state index contributed by atoms with van der Waals surface area (Å²) in [6.45, 7) is 1.77. The number of pyridine rings is 2. The molecule has 0 fully saturated rings. The fourth-order valence-corrected chi connectivity index (χ4v) is 2.64. The SMILES string of the molecule is COc1ccc(C(O)CN[C@@H](C)C(=O)Nc2ccc(Oc3ccc(F)cc3F)cn2)cn1. The minimum atomic E-state index is -0.856. The van der Waals surface area contributed by atoms with Crippen LogP contribution in [0.15, 0.2) is 54.9 Å². The smallest absolute Gasteiger partial charge is 0.242 e. The van der Waals surface area contributed by atoms with Crippen LogP contribution >= 0.6 is 0 Å². The zero-order chi connectivity index (χ0) is 23.1. The molecular weight excluding hydrogens is 422 g/mol. The van der Waals surface area contributed by atoms with E-state index < -0.39 is 23.8 Å². The van der Waals surface area contributed by atoms with Crippen LogP contribution in [0, 0.1) is 11.6 Å². The number of methoxy groups -OCH3 is 1. The number of hydrogen-bond donors (Lipinski definition) is 3. The first-order chi connectivity index (χ1) is 15.4. The van der Waals surface area contributed by atoms with Crippen LogP contribution in [-0.2, 0) is 4.79 Å². The number of nitrogens with one attached hydrogen (secondary N) is 2. The molecule has 0 radical (unpaired) electrons. The molecule has 2 aromatic heterocycles. The van der Waals surface area contributed by atoms with Crippen molar-refractivity contribution in [2.75, 3.05) is 19.0 Å². The maximum absolute atomic E-state index is 13.7. The number of hydrogen-bond acceptors (Lipinski definition) is 7. The van der Waals surface area contributed by atoms with Crippen LogP contribution in [0.1, 0.15) is 18.6 Å². The molecule has 0 saturated heterocycles. The lowest BCUT2D eigenvalue weighted by molar-refractivity contribution is -0.117. The molecule has 8 nitrogen and oxygen atoms in total. The van der Waals surface area contributed by atoms with Gasteiger partial charge in [0.2, 0.25) is 11.8 Å². The summed E-state index contributed by atoms with van der Waals surface area (Å²) in [5.74, 6) is -1.14. The lowest BCUT2D eigenvalue weighted by Crippen LogP contribution is -2.40. The molecule has 0 aliphatic heterocycles. The molecule has 0 bridgehead atoms. The number of aliphatic hydroxyl groups excluding tert-OH is 1. The predicted molar refractivity (Wildman–Crippen MR) is 113 cm³/mol. The second kappa shape index (κ2) is 10.6. The molecule has 0 aliphatic carbocycles. The Morgan fingerprint density at radius 1 is 1.12 bits per heavy atom. The molecule has 1 unspecified atom stereocenters. The Morgan fingerprint density at radius 3 is 2.56 bits per heavy atom. The van der Waals surface area contributed by atoms with Gasteiger partial charge in [0.15, 0.2) is 11.6 Å². The Balaban J connectivity index is 1.49. The topological polar surface area (TPSA) is 106 Å². The number of anilines is 1. The van der Waals surface area contributed by atoms with E-state index in [1.807, 2.05) is 0 Å².